The number of pyridine rings is 1. The van der Waals surface area contributed by atoms with Gasteiger partial charge in [-0.05, 0) is 86.9 Å². The first kappa shape index (κ1) is 32.7. The minimum absolute atomic E-state index is 0.0556. The van der Waals surface area contributed by atoms with Gasteiger partial charge in [0.2, 0.25) is 0 Å². The third kappa shape index (κ3) is 6.24. The molecule has 3 heteroatoms. The van der Waals surface area contributed by atoms with Gasteiger partial charge >= 0.3 is 0 Å². The van der Waals surface area contributed by atoms with E-state index in [0.29, 0.717) is 0 Å². The topological polar surface area (TPSA) is 28.5 Å². The largest absolute Gasteiger partial charge is 0.273 e. The zero-order chi connectivity index (χ0) is 35.7. The smallest absolute Gasteiger partial charge is 0.128 e. The van der Waals surface area contributed by atoms with Crippen LogP contribution in [0.3, 0.4) is 0 Å². The Kier molecular flexibility index (Phi) is 8.71. The Balaban J connectivity index is 1.02. The summed E-state index contributed by atoms with van der Waals surface area (Å²) in [5, 5.41) is 3.62. The van der Waals surface area contributed by atoms with Gasteiger partial charge in [-0.3, -0.25) is 14.9 Å². The van der Waals surface area contributed by atoms with Crippen LogP contribution >= 0.6 is 0 Å². The third-order valence-electron chi connectivity index (χ3n) is 11.0. The number of hydrogen-bond acceptors (Lipinski definition) is 3. The van der Waals surface area contributed by atoms with E-state index in [-0.39, 0.29) is 18.1 Å². The lowest BCUT2D eigenvalue weighted by Gasteiger charge is -2.43. The number of rotatable bonds is 7. The molecule has 0 saturated carbocycles. The zero-order valence-electron chi connectivity index (χ0n) is 30.1. The molecule has 8 aromatic rings. The van der Waals surface area contributed by atoms with E-state index < -0.39 is 0 Å². The molecule has 0 N–H and O–H groups in total. The van der Waals surface area contributed by atoms with Gasteiger partial charge in [0.1, 0.15) is 6.17 Å². The van der Waals surface area contributed by atoms with Crippen molar-refractivity contribution in [2.75, 3.05) is 7.05 Å². The monoisotopic (exact) mass is 683 g/mol. The Labute approximate surface area is 312 Å². The van der Waals surface area contributed by atoms with E-state index in [2.05, 4.69) is 194 Å². The fourth-order valence-corrected chi connectivity index (χ4v) is 8.28. The third-order valence-corrected chi connectivity index (χ3v) is 11.0. The maximum atomic E-state index is 5.49. The summed E-state index contributed by atoms with van der Waals surface area (Å²) in [6.45, 7) is 2.29. The van der Waals surface area contributed by atoms with Gasteiger partial charge in [0.25, 0.3) is 0 Å². The molecule has 0 amide bonds. The number of nitrogens with zero attached hydrogens (tertiary/aromatic N) is 3. The first-order valence-electron chi connectivity index (χ1n) is 18.6. The molecule has 9 rings (SSSR count). The number of aliphatic imine (C=N–C) groups is 1. The predicted octanol–water partition coefficient (Wildman–Crippen LogP) is 12.6. The van der Waals surface area contributed by atoms with Crippen LogP contribution in [0.25, 0.3) is 55.1 Å². The minimum Gasteiger partial charge on any atom is -0.273 e. The summed E-state index contributed by atoms with van der Waals surface area (Å²) >= 11 is 0. The standard InChI is InChI=1S/C50H41N3/c1-3-45-48(52-50(41-14-8-5-9-15-41)53(2)49(45)40-12-6-4-7-13-40)39-27-21-35(22-28-39)43-30-24-36-23-29-42(32-44(36)33-43)34-19-25-37(26-20-34)46-18-10-16-38-17-11-31-51-47(38)46/h4-33,45,49-50H,3H2,1-2H3. The first-order chi connectivity index (χ1) is 26.1. The van der Waals surface area contributed by atoms with Crippen LogP contribution in [0, 0.1) is 5.92 Å². The zero-order valence-corrected chi connectivity index (χ0v) is 30.1. The molecule has 0 saturated heterocycles. The van der Waals surface area contributed by atoms with Crippen molar-refractivity contribution in [3.63, 3.8) is 0 Å². The minimum atomic E-state index is -0.0556. The maximum absolute atomic E-state index is 5.49. The second-order valence-corrected chi connectivity index (χ2v) is 14.1. The summed E-state index contributed by atoms with van der Waals surface area (Å²) in [6, 6.07) is 63.9. The lowest BCUT2D eigenvalue weighted by Crippen LogP contribution is -2.41. The molecule has 0 spiro atoms. The van der Waals surface area contributed by atoms with Crippen LogP contribution in [-0.2, 0) is 0 Å². The second kappa shape index (κ2) is 14.1. The number of para-hydroxylation sites is 1. The average Bonchev–Trinajstić information content (AvgIpc) is 3.23. The van der Waals surface area contributed by atoms with E-state index in [0.717, 1.165) is 22.9 Å². The molecule has 2 heterocycles. The second-order valence-electron chi connectivity index (χ2n) is 14.1. The predicted molar refractivity (Wildman–Crippen MR) is 222 cm³/mol. The fourth-order valence-electron chi connectivity index (χ4n) is 8.28. The van der Waals surface area contributed by atoms with E-state index in [1.807, 2.05) is 12.3 Å². The normalized spacial score (nSPS) is 17.5. The van der Waals surface area contributed by atoms with Crippen LogP contribution in [-0.4, -0.2) is 22.6 Å². The van der Waals surface area contributed by atoms with Crippen LogP contribution in [0.15, 0.2) is 187 Å². The van der Waals surface area contributed by atoms with Crippen molar-refractivity contribution in [1.82, 2.24) is 9.88 Å². The number of fused-ring (bicyclic) bond motifs is 2. The van der Waals surface area contributed by atoms with Gasteiger partial charge < -0.3 is 0 Å². The van der Waals surface area contributed by atoms with Crippen LogP contribution < -0.4 is 0 Å². The molecule has 53 heavy (non-hydrogen) atoms. The van der Waals surface area contributed by atoms with E-state index >= 15 is 0 Å². The summed E-state index contributed by atoms with van der Waals surface area (Å²) in [6.07, 6.45) is 2.81. The SMILES string of the molecule is CCC1C(c2ccc(-c3ccc4ccc(-c5ccc(-c6cccc7cccnc67)cc5)cc4c3)cc2)=NC(c2ccccc2)N(C)C1c1ccccc1. The van der Waals surface area contributed by atoms with Crippen molar-refractivity contribution < 1.29 is 0 Å². The molecule has 3 unspecified atom stereocenters. The lowest BCUT2D eigenvalue weighted by molar-refractivity contribution is 0.132. The van der Waals surface area contributed by atoms with Gasteiger partial charge in [-0.15, -0.1) is 0 Å². The maximum Gasteiger partial charge on any atom is 0.128 e. The molecule has 256 valence electrons. The molecular weight excluding hydrogens is 643 g/mol. The van der Waals surface area contributed by atoms with Crippen molar-refractivity contribution >= 4 is 27.4 Å². The highest BCUT2D eigenvalue weighted by atomic mass is 15.3. The quantitative estimate of drug-likeness (QED) is 0.167. The molecule has 0 radical (unpaired) electrons. The number of benzene rings is 7. The summed E-state index contributed by atoms with van der Waals surface area (Å²) < 4.78 is 0. The van der Waals surface area contributed by atoms with Gasteiger partial charge in [0.05, 0.1) is 5.52 Å². The molecule has 0 aliphatic carbocycles. The Morgan fingerprint density at radius 2 is 1.06 bits per heavy atom. The Bertz CT molecular complexity index is 2550. The van der Waals surface area contributed by atoms with Crippen LogP contribution in [0.2, 0.25) is 0 Å². The molecular formula is C50H41N3. The van der Waals surface area contributed by atoms with Crippen molar-refractivity contribution in [3.8, 4) is 33.4 Å². The molecule has 7 aromatic carbocycles. The van der Waals surface area contributed by atoms with Crippen LogP contribution in [0.1, 0.15) is 42.2 Å². The highest BCUT2D eigenvalue weighted by Gasteiger charge is 2.38. The Morgan fingerprint density at radius 3 is 1.70 bits per heavy atom. The molecule has 0 fully saturated rings. The summed E-state index contributed by atoms with van der Waals surface area (Å²) in [5.41, 5.74) is 13.1. The number of hydrogen-bond donors (Lipinski definition) is 0. The van der Waals surface area contributed by atoms with E-state index in [1.165, 1.54) is 61.0 Å². The molecule has 1 aliphatic rings. The highest BCUT2D eigenvalue weighted by Crippen LogP contribution is 2.43. The van der Waals surface area contributed by atoms with Gasteiger partial charge in [0, 0.05) is 34.8 Å². The fraction of sp³-hybridized carbons (Fsp3) is 0.120. The average molecular weight is 684 g/mol. The van der Waals surface area contributed by atoms with Crippen LogP contribution in [0.5, 0.6) is 0 Å². The van der Waals surface area contributed by atoms with Gasteiger partial charge in [-0.25, -0.2) is 0 Å². The van der Waals surface area contributed by atoms with Gasteiger partial charge in [-0.2, -0.15) is 0 Å². The van der Waals surface area contributed by atoms with E-state index in [4.69, 9.17) is 4.99 Å². The molecule has 3 nitrogen and oxygen atoms in total. The number of aromatic nitrogens is 1. The summed E-state index contributed by atoms with van der Waals surface area (Å²) in [5.74, 6) is 0.269. The summed E-state index contributed by atoms with van der Waals surface area (Å²) in [7, 11) is 2.23. The van der Waals surface area contributed by atoms with Gasteiger partial charge in [-0.1, -0.05) is 165 Å². The van der Waals surface area contributed by atoms with Crippen LogP contribution in [0.4, 0.5) is 0 Å². The van der Waals surface area contributed by atoms with Crippen molar-refractivity contribution in [3.05, 3.63) is 199 Å². The summed E-state index contributed by atoms with van der Waals surface area (Å²) in [4.78, 5) is 12.6. The Morgan fingerprint density at radius 1 is 0.491 bits per heavy atom. The molecule has 3 atom stereocenters. The highest BCUT2D eigenvalue weighted by molar-refractivity contribution is 6.04. The molecule has 1 aromatic heterocycles. The van der Waals surface area contributed by atoms with E-state index in [1.54, 1.807) is 0 Å². The van der Waals surface area contributed by atoms with Gasteiger partial charge in [0.15, 0.2) is 0 Å². The van der Waals surface area contributed by atoms with E-state index in [9.17, 15) is 0 Å². The lowest BCUT2D eigenvalue weighted by atomic mass is 9.81. The molecule has 0 bridgehead atoms. The van der Waals surface area contributed by atoms with Crippen molar-refractivity contribution in [2.45, 2.75) is 25.6 Å². The Hall–Kier alpha value is -6.16. The molecule has 1 aliphatic heterocycles. The van der Waals surface area contributed by atoms with Crippen molar-refractivity contribution in [2.24, 2.45) is 10.9 Å². The van der Waals surface area contributed by atoms with Crippen molar-refractivity contribution in [1.29, 1.82) is 0 Å². The first-order valence-corrected chi connectivity index (χ1v) is 18.6.